The fourth-order valence-corrected chi connectivity index (χ4v) is 1.48. The molecule has 1 nitrogen and oxygen atoms in total. The van der Waals surface area contributed by atoms with E-state index in [9.17, 15) is 5.11 Å². The van der Waals surface area contributed by atoms with Crippen molar-refractivity contribution in [1.29, 1.82) is 0 Å². The van der Waals surface area contributed by atoms with Gasteiger partial charge in [-0.25, -0.2) is 0 Å². The Morgan fingerprint density at radius 2 is 2.15 bits per heavy atom. The van der Waals surface area contributed by atoms with Gasteiger partial charge in [-0.15, -0.1) is 6.58 Å². The first-order valence-corrected chi connectivity index (χ1v) is 4.51. The molecule has 1 heteroatoms. The maximum absolute atomic E-state index is 9.72. The average molecular weight is 176 g/mol. The molecule has 1 rings (SSSR count). The molecule has 0 fully saturated rings. The van der Waals surface area contributed by atoms with E-state index in [-0.39, 0.29) is 0 Å². The molecule has 70 valence electrons. The normalized spacial score (nSPS) is 12.5. The average Bonchev–Trinajstić information content (AvgIpc) is 2.04. The summed E-state index contributed by atoms with van der Waals surface area (Å²) in [5.41, 5.74) is 3.38. The standard InChI is InChI=1S/C12H16O/c1-4-5-12(13)11-7-6-9(2)8-10(11)3/h4,6-8,12-13H,1,5H2,2-3H3/t12-/m1/s1. The molecular weight excluding hydrogens is 160 g/mol. The summed E-state index contributed by atoms with van der Waals surface area (Å²) in [5, 5.41) is 9.72. The SMILES string of the molecule is C=CC[C@@H](O)c1ccc(C)cc1C. The zero-order chi connectivity index (χ0) is 9.84. The summed E-state index contributed by atoms with van der Waals surface area (Å²) in [5.74, 6) is 0. The van der Waals surface area contributed by atoms with Crippen LogP contribution < -0.4 is 0 Å². The number of hydrogen-bond acceptors (Lipinski definition) is 1. The van der Waals surface area contributed by atoms with E-state index >= 15 is 0 Å². The molecule has 0 aromatic heterocycles. The van der Waals surface area contributed by atoms with Crippen molar-refractivity contribution in [3.8, 4) is 0 Å². The van der Waals surface area contributed by atoms with Crippen molar-refractivity contribution >= 4 is 0 Å². The van der Waals surface area contributed by atoms with Crippen molar-refractivity contribution in [3.63, 3.8) is 0 Å². The molecule has 0 unspecified atom stereocenters. The Kier molecular flexibility index (Phi) is 3.26. The largest absolute Gasteiger partial charge is 0.388 e. The monoisotopic (exact) mass is 176 g/mol. The van der Waals surface area contributed by atoms with E-state index in [1.54, 1.807) is 6.08 Å². The second-order valence-electron chi connectivity index (χ2n) is 3.40. The van der Waals surface area contributed by atoms with E-state index in [1.165, 1.54) is 5.56 Å². The minimum absolute atomic E-state index is 0.405. The summed E-state index contributed by atoms with van der Waals surface area (Å²) in [4.78, 5) is 0. The van der Waals surface area contributed by atoms with Crippen LogP contribution in [-0.2, 0) is 0 Å². The van der Waals surface area contributed by atoms with Crippen LogP contribution in [0.4, 0.5) is 0 Å². The van der Waals surface area contributed by atoms with E-state index in [0.29, 0.717) is 6.42 Å². The lowest BCUT2D eigenvalue weighted by Gasteiger charge is -2.12. The first-order valence-electron chi connectivity index (χ1n) is 4.51. The number of hydrogen-bond donors (Lipinski definition) is 1. The predicted octanol–water partition coefficient (Wildman–Crippen LogP) is 2.91. The Hall–Kier alpha value is -1.08. The Labute approximate surface area is 79.7 Å². The van der Waals surface area contributed by atoms with Crippen LogP contribution in [0, 0.1) is 13.8 Å². The Morgan fingerprint density at radius 1 is 1.46 bits per heavy atom. The molecule has 1 aromatic carbocycles. The van der Waals surface area contributed by atoms with Gasteiger partial charge in [0.25, 0.3) is 0 Å². The highest BCUT2D eigenvalue weighted by Crippen LogP contribution is 2.21. The van der Waals surface area contributed by atoms with Gasteiger partial charge < -0.3 is 5.11 Å². The summed E-state index contributed by atoms with van der Waals surface area (Å²) in [6.45, 7) is 7.69. The van der Waals surface area contributed by atoms with Gasteiger partial charge in [-0.05, 0) is 31.4 Å². The molecule has 0 spiro atoms. The molecule has 0 amide bonds. The molecule has 1 atom stereocenters. The van der Waals surface area contributed by atoms with E-state index in [0.717, 1.165) is 11.1 Å². The highest BCUT2D eigenvalue weighted by atomic mass is 16.3. The van der Waals surface area contributed by atoms with Crippen LogP contribution in [0.5, 0.6) is 0 Å². The van der Waals surface area contributed by atoms with Crippen LogP contribution in [0.2, 0.25) is 0 Å². The van der Waals surface area contributed by atoms with Gasteiger partial charge in [0.15, 0.2) is 0 Å². The maximum Gasteiger partial charge on any atom is 0.0826 e. The van der Waals surface area contributed by atoms with E-state index < -0.39 is 6.10 Å². The van der Waals surface area contributed by atoms with Crippen LogP contribution in [0.1, 0.15) is 29.2 Å². The lowest BCUT2D eigenvalue weighted by atomic mass is 9.99. The number of aryl methyl sites for hydroxylation is 2. The fraction of sp³-hybridized carbons (Fsp3) is 0.333. The molecule has 0 heterocycles. The third-order valence-electron chi connectivity index (χ3n) is 2.17. The first-order chi connectivity index (χ1) is 6.15. The fourth-order valence-electron chi connectivity index (χ4n) is 1.48. The molecule has 1 N–H and O–H groups in total. The summed E-state index contributed by atoms with van der Waals surface area (Å²) in [6.07, 6.45) is 1.95. The summed E-state index contributed by atoms with van der Waals surface area (Å²) in [6, 6.07) is 6.09. The number of aliphatic hydroxyl groups is 1. The van der Waals surface area contributed by atoms with Crippen molar-refractivity contribution in [1.82, 2.24) is 0 Å². The van der Waals surface area contributed by atoms with Crippen molar-refractivity contribution in [2.45, 2.75) is 26.4 Å². The molecule has 0 aliphatic heterocycles. The van der Waals surface area contributed by atoms with Crippen molar-refractivity contribution in [2.75, 3.05) is 0 Å². The third kappa shape index (κ3) is 2.43. The summed E-state index contributed by atoms with van der Waals surface area (Å²) >= 11 is 0. The highest BCUT2D eigenvalue weighted by molar-refractivity contribution is 5.32. The molecule has 0 aliphatic carbocycles. The molecule has 0 radical (unpaired) electrons. The van der Waals surface area contributed by atoms with Crippen LogP contribution in [0.3, 0.4) is 0 Å². The van der Waals surface area contributed by atoms with Gasteiger partial charge in [0.1, 0.15) is 0 Å². The van der Waals surface area contributed by atoms with Crippen LogP contribution in [0.25, 0.3) is 0 Å². The van der Waals surface area contributed by atoms with Gasteiger partial charge >= 0.3 is 0 Å². The quantitative estimate of drug-likeness (QED) is 0.702. The number of rotatable bonds is 3. The zero-order valence-electron chi connectivity index (χ0n) is 8.25. The number of benzene rings is 1. The zero-order valence-corrected chi connectivity index (χ0v) is 8.25. The van der Waals surface area contributed by atoms with E-state index in [1.807, 2.05) is 19.1 Å². The van der Waals surface area contributed by atoms with Gasteiger partial charge in [-0.1, -0.05) is 29.8 Å². The van der Waals surface area contributed by atoms with Crippen LogP contribution in [0.15, 0.2) is 30.9 Å². The van der Waals surface area contributed by atoms with Crippen molar-refractivity contribution in [2.24, 2.45) is 0 Å². The molecule has 0 bridgehead atoms. The van der Waals surface area contributed by atoms with Gasteiger partial charge in [0.2, 0.25) is 0 Å². The van der Waals surface area contributed by atoms with Crippen LogP contribution >= 0.6 is 0 Å². The van der Waals surface area contributed by atoms with Crippen molar-refractivity contribution < 1.29 is 5.11 Å². The molecule has 13 heavy (non-hydrogen) atoms. The van der Waals surface area contributed by atoms with Gasteiger partial charge in [-0.2, -0.15) is 0 Å². The van der Waals surface area contributed by atoms with Gasteiger partial charge in [-0.3, -0.25) is 0 Å². The minimum Gasteiger partial charge on any atom is -0.388 e. The Bertz CT molecular complexity index is 302. The number of aliphatic hydroxyl groups excluding tert-OH is 1. The maximum atomic E-state index is 9.72. The molecule has 0 saturated carbocycles. The first kappa shape index (κ1) is 10.0. The van der Waals surface area contributed by atoms with E-state index in [2.05, 4.69) is 19.6 Å². The molecule has 0 aliphatic rings. The minimum atomic E-state index is -0.405. The van der Waals surface area contributed by atoms with E-state index in [4.69, 9.17) is 0 Å². The highest BCUT2D eigenvalue weighted by Gasteiger charge is 2.07. The molecule has 1 aromatic rings. The summed E-state index contributed by atoms with van der Waals surface area (Å²) in [7, 11) is 0. The summed E-state index contributed by atoms with van der Waals surface area (Å²) < 4.78 is 0. The Balaban J connectivity index is 2.94. The smallest absolute Gasteiger partial charge is 0.0826 e. The molecular formula is C12H16O. The van der Waals surface area contributed by atoms with Crippen molar-refractivity contribution in [3.05, 3.63) is 47.5 Å². The predicted molar refractivity (Wildman–Crippen MR) is 55.7 cm³/mol. The Morgan fingerprint density at radius 3 is 2.69 bits per heavy atom. The van der Waals surface area contributed by atoms with Gasteiger partial charge in [0, 0.05) is 0 Å². The second-order valence-corrected chi connectivity index (χ2v) is 3.40. The van der Waals surface area contributed by atoms with Gasteiger partial charge in [0.05, 0.1) is 6.10 Å². The topological polar surface area (TPSA) is 20.2 Å². The second kappa shape index (κ2) is 4.24. The van der Waals surface area contributed by atoms with Crippen LogP contribution in [-0.4, -0.2) is 5.11 Å². The molecule has 0 saturated heterocycles. The third-order valence-corrected chi connectivity index (χ3v) is 2.17. The lowest BCUT2D eigenvalue weighted by Crippen LogP contribution is -1.98. The lowest BCUT2D eigenvalue weighted by molar-refractivity contribution is 0.181.